The summed E-state index contributed by atoms with van der Waals surface area (Å²) >= 11 is 0. The molecule has 0 aliphatic rings. The van der Waals surface area contributed by atoms with E-state index in [-0.39, 0.29) is 14.7 Å². The van der Waals surface area contributed by atoms with Gasteiger partial charge >= 0.3 is 10.1 Å². The van der Waals surface area contributed by atoms with Gasteiger partial charge < -0.3 is 4.18 Å². The van der Waals surface area contributed by atoms with E-state index in [2.05, 4.69) is 0 Å². The van der Waals surface area contributed by atoms with E-state index < -0.39 is 40.4 Å². The Bertz CT molecular complexity index is 1350. The molecule has 0 saturated carbocycles. The van der Waals surface area contributed by atoms with Crippen LogP contribution in [0.1, 0.15) is 0 Å². The van der Waals surface area contributed by atoms with Crippen LogP contribution in [0.2, 0.25) is 0 Å². The molecule has 3 rings (SSSR count). The van der Waals surface area contributed by atoms with Crippen LogP contribution in [0.3, 0.4) is 0 Å². The predicted octanol–water partition coefficient (Wildman–Crippen LogP) is 2.69. The minimum absolute atomic E-state index is 0.0279. The fourth-order valence-electron chi connectivity index (χ4n) is 2.56. The lowest BCUT2D eigenvalue weighted by molar-refractivity contribution is 0.484. The quantitative estimate of drug-likeness (QED) is 0.529. The van der Waals surface area contributed by atoms with E-state index in [9.17, 15) is 25.3 Å². The molecule has 0 heterocycles. The van der Waals surface area contributed by atoms with Crippen molar-refractivity contribution in [1.82, 2.24) is 0 Å². The Morgan fingerprint density at radius 1 is 0.586 bits per heavy atom. The average Bonchev–Trinajstić information content (AvgIpc) is 2.68. The monoisotopic (exact) mass is 452 g/mol. The van der Waals surface area contributed by atoms with Gasteiger partial charge in [0.2, 0.25) is 19.7 Å². The molecular formula is C19H16O7S3. The minimum Gasteiger partial charge on any atom is -0.381 e. The Morgan fingerprint density at radius 3 is 1.55 bits per heavy atom. The average molecular weight is 453 g/mol. The SMILES string of the molecule is CS(=O)(=O)Oc1ccc(S(=O)(=O)c2ccccc2)cc1S(=O)(=O)c1ccccc1. The maximum atomic E-state index is 13.1. The Balaban J connectivity index is 2.26. The maximum Gasteiger partial charge on any atom is 0.306 e. The van der Waals surface area contributed by atoms with Gasteiger partial charge in [0.15, 0.2) is 5.75 Å². The fraction of sp³-hybridized carbons (Fsp3) is 0.0526. The molecule has 0 aromatic heterocycles. The highest BCUT2D eigenvalue weighted by molar-refractivity contribution is 7.92. The first kappa shape index (κ1) is 21.0. The molecule has 0 saturated heterocycles. The topological polar surface area (TPSA) is 112 Å². The Labute approximate surface area is 169 Å². The molecule has 0 N–H and O–H groups in total. The molecule has 7 nitrogen and oxygen atoms in total. The van der Waals surface area contributed by atoms with Gasteiger partial charge in [0, 0.05) is 0 Å². The predicted molar refractivity (Wildman–Crippen MR) is 106 cm³/mol. The van der Waals surface area contributed by atoms with Crippen LogP contribution in [0.4, 0.5) is 0 Å². The molecule has 0 fully saturated rings. The van der Waals surface area contributed by atoms with Crippen molar-refractivity contribution in [2.75, 3.05) is 6.26 Å². The van der Waals surface area contributed by atoms with Crippen LogP contribution in [-0.2, 0) is 29.8 Å². The van der Waals surface area contributed by atoms with Crippen molar-refractivity contribution in [3.63, 3.8) is 0 Å². The molecular weight excluding hydrogens is 436 g/mol. The van der Waals surface area contributed by atoms with E-state index in [0.717, 1.165) is 24.5 Å². The third-order valence-corrected chi connectivity index (χ3v) is 7.90. The standard InChI is InChI=1S/C19H16O7S3/c1-27(20,21)26-18-13-12-17(28(22,23)15-8-4-2-5-9-15)14-19(18)29(24,25)16-10-6-3-7-11-16/h2-14H,1H3. The summed E-state index contributed by atoms with van der Waals surface area (Å²) in [6, 6.07) is 17.7. The van der Waals surface area contributed by atoms with Crippen LogP contribution in [0, 0.1) is 0 Å². The van der Waals surface area contributed by atoms with Gasteiger partial charge in [-0.1, -0.05) is 36.4 Å². The van der Waals surface area contributed by atoms with Crippen molar-refractivity contribution in [3.8, 4) is 5.75 Å². The number of sulfone groups is 2. The Hall–Kier alpha value is -2.69. The largest absolute Gasteiger partial charge is 0.381 e. The van der Waals surface area contributed by atoms with E-state index in [1.165, 1.54) is 48.5 Å². The maximum absolute atomic E-state index is 13.1. The van der Waals surface area contributed by atoms with Crippen LogP contribution in [0.25, 0.3) is 0 Å². The Morgan fingerprint density at radius 2 is 1.07 bits per heavy atom. The minimum atomic E-state index is -4.26. The van der Waals surface area contributed by atoms with Crippen LogP contribution in [-0.4, -0.2) is 31.5 Å². The van der Waals surface area contributed by atoms with Crippen molar-refractivity contribution in [2.24, 2.45) is 0 Å². The highest BCUT2D eigenvalue weighted by Gasteiger charge is 2.28. The molecule has 0 bridgehead atoms. The smallest absolute Gasteiger partial charge is 0.306 e. The van der Waals surface area contributed by atoms with Gasteiger partial charge in [-0.2, -0.15) is 8.42 Å². The summed E-state index contributed by atoms with van der Waals surface area (Å²) in [5.74, 6) is -0.483. The Kier molecular flexibility index (Phi) is 5.52. The molecule has 0 amide bonds. The summed E-state index contributed by atoms with van der Waals surface area (Å²) in [5, 5.41) is 0. The molecule has 10 heteroatoms. The molecule has 0 aliphatic heterocycles. The molecule has 0 aliphatic carbocycles. The van der Waals surface area contributed by atoms with Crippen molar-refractivity contribution in [1.29, 1.82) is 0 Å². The third kappa shape index (κ3) is 4.50. The number of rotatable bonds is 6. The zero-order chi connectivity index (χ0) is 21.3. The highest BCUT2D eigenvalue weighted by atomic mass is 32.2. The molecule has 3 aromatic rings. The van der Waals surface area contributed by atoms with Gasteiger partial charge in [0.25, 0.3) is 0 Å². The lowest BCUT2D eigenvalue weighted by Crippen LogP contribution is -2.12. The normalized spacial score (nSPS) is 12.4. The van der Waals surface area contributed by atoms with Crippen molar-refractivity contribution in [2.45, 2.75) is 19.6 Å². The lowest BCUT2D eigenvalue weighted by atomic mass is 10.3. The van der Waals surface area contributed by atoms with Gasteiger partial charge in [-0.25, -0.2) is 16.8 Å². The number of benzene rings is 3. The molecule has 29 heavy (non-hydrogen) atoms. The molecule has 152 valence electrons. The first-order chi connectivity index (χ1) is 13.5. The summed E-state index contributed by atoms with van der Waals surface area (Å²) in [5.41, 5.74) is 0. The van der Waals surface area contributed by atoms with E-state index in [1.807, 2.05) is 0 Å². The van der Waals surface area contributed by atoms with Gasteiger partial charge in [0.05, 0.1) is 20.9 Å². The van der Waals surface area contributed by atoms with E-state index in [1.54, 1.807) is 12.1 Å². The molecule has 0 unspecified atom stereocenters. The van der Waals surface area contributed by atoms with E-state index in [0.29, 0.717) is 0 Å². The van der Waals surface area contributed by atoms with Gasteiger partial charge in [-0.15, -0.1) is 0 Å². The highest BCUT2D eigenvalue weighted by Crippen LogP contribution is 2.34. The van der Waals surface area contributed by atoms with Crippen LogP contribution in [0.5, 0.6) is 5.75 Å². The first-order valence-corrected chi connectivity index (χ1v) is 12.9. The molecule has 0 atom stereocenters. The zero-order valence-corrected chi connectivity index (χ0v) is 17.5. The third-order valence-electron chi connectivity index (χ3n) is 3.86. The summed E-state index contributed by atoms with van der Waals surface area (Å²) < 4.78 is 79.9. The van der Waals surface area contributed by atoms with Gasteiger partial charge in [-0.3, -0.25) is 0 Å². The molecule has 3 aromatic carbocycles. The van der Waals surface area contributed by atoms with Crippen LogP contribution in [0.15, 0.2) is 98.4 Å². The van der Waals surface area contributed by atoms with Crippen LogP contribution < -0.4 is 4.18 Å². The number of hydrogen-bond donors (Lipinski definition) is 0. The van der Waals surface area contributed by atoms with E-state index >= 15 is 0 Å². The molecule has 0 radical (unpaired) electrons. The first-order valence-electron chi connectivity index (χ1n) is 8.15. The van der Waals surface area contributed by atoms with Crippen molar-refractivity contribution in [3.05, 3.63) is 78.9 Å². The summed E-state index contributed by atoms with van der Waals surface area (Å²) in [4.78, 5) is -1.03. The summed E-state index contributed by atoms with van der Waals surface area (Å²) in [6.45, 7) is 0. The van der Waals surface area contributed by atoms with Gasteiger partial charge in [0.1, 0.15) is 4.90 Å². The fourth-order valence-corrected chi connectivity index (χ4v) is 5.89. The number of hydrogen-bond acceptors (Lipinski definition) is 7. The van der Waals surface area contributed by atoms with Crippen molar-refractivity contribution < 1.29 is 29.4 Å². The summed E-state index contributed by atoms with van der Waals surface area (Å²) in [6.07, 6.45) is 0.764. The van der Waals surface area contributed by atoms with E-state index in [4.69, 9.17) is 4.18 Å². The zero-order valence-electron chi connectivity index (χ0n) is 15.1. The molecule has 0 spiro atoms. The lowest BCUT2D eigenvalue weighted by Gasteiger charge is -2.13. The van der Waals surface area contributed by atoms with Crippen molar-refractivity contribution >= 4 is 29.8 Å². The van der Waals surface area contributed by atoms with Gasteiger partial charge in [-0.05, 0) is 42.5 Å². The second-order valence-electron chi connectivity index (χ2n) is 6.03. The summed E-state index contributed by atoms with van der Waals surface area (Å²) in [7, 11) is -12.4. The second-order valence-corrected chi connectivity index (χ2v) is 11.5. The van der Waals surface area contributed by atoms with Crippen LogP contribution >= 0.6 is 0 Å². The second kappa shape index (κ2) is 7.62.